The van der Waals surface area contributed by atoms with Gasteiger partial charge in [-0.05, 0) is 37.6 Å². The van der Waals surface area contributed by atoms with Crippen LogP contribution in [0.1, 0.15) is 12.5 Å². The van der Waals surface area contributed by atoms with E-state index >= 15 is 0 Å². The minimum atomic E-state index is 0.0537. The van der Waals surface area contributed by atoms with Crippen LogP contribution < -0.4 is 4.90 Å². The summed E-state index contributed by atoms with van der Waals surface area (Å²) >= 11 is 3.44. The third-order valence-electron chi connectivity index (χ3n) is 2.34. The molecule has 0 spiro atoms. The van der Waals surface area contributed by atoms with Crippen LogP contribution >= 0.6 is 15.9 Å². The molecule has 0 aliphatic rings. The van der Waals surface area contributed by atoms with Crippen LogP contribution in [0.25, 0.3) is 0 Å². The maximum absolute atomic E-state index is 8.76. The van der Waals surface area contributed by atoms with Gasteiger partial charge in [-0.2, -0.15) is 5.26 Å². The molecule has 0 fully saturated rings. The van der Waals surface area contributed by atoms with Crippen molar-refractivity contribution in [3.63, 3.8) is 0 Å². The third kappa shape index (κ3) is 3.24. The molecule has 0 amide bonds. The molecule has 0 saturated carbocycles. The Morgan fingerprint density at radius 1 is 1.53 bits per heavy atom. The molecule has 1 aromatic carbocycles. The smallest absolute Gasteiger partial charge is 0.0671 e. The molecule has 0 saturated heterocycles. The van der Waals surface area contributed by atoms with Crippen molar-refractivity contribution in [2.45, 2.75) is 13.8 Å². The average Bonchev–Trinajstić information content (AvgIpc) is 2.17. The summed E-state index contributed by atoms with van der Waals surface area (Å²) in [5, 5.41) is 8.76. The van der Waals surface area contributed by atoms with E-state index in [9.17, 15) is 0 Å². The first-order chi connectivity index (χ1) is 7.04. The zero-order chi connectivity index (χ0) is 11.4. The van der Waals surface area contributed by atoms with Crippen LogP contribution in [0.2, 0.25) is 0 Å². The van der Waals surface area contributed by atoms with Gasteiger partial charge >= 0.3 is 0 Å². The number of nitrogens with zero attached hydrogens (tertiary/aromatic N) is 2. The first-order valence-electron chi connectivity index (χ1n) is 4.91. The second kappa shape index (κ2) is 5.18. The molecule has 0 aliphatic carbocycles. The van der Waals surface area contributed by atoms with E-state index in [2.05, 4.69) is 46.0 Å². The topological polar surface area (TPSA) is 27.0 Å². The first-order valence-corrected chi connectivity index (χ1v) is 5.70. The van der Waals surface area contributed by atoms with Crippen molar-refractivity contribution in [2.75, 3.05) is 18.5 Å². The second-order valence-electron chi connectivity index (χ2n) is 3.84. The Morgan fingerprint density at radius 2 is 2.20 bits per heavy atom. The van der Waals surface area contributed by atoms with Gasteiger partial charge in [0.15, 0.2) is 0 Å². The number of aryl methyl sites for hydroxylation is 1. The average molecular weight is 267 g/mol. The van der Waals surface area contributed by atoms with Gasteiger partial charge in [-0.25, -0.2) is 0 Å². The maximum atomic E-state index is 8.76. The molecule has 0 N–H and O–H groups in total. The first kappa shape index (κ1) is 12.1. The van der Waals surface area contributed by atoms with Crippen molar-refractivity contribution in [2.24, 2.45) is 5.92 Å². The number of rotatable bonds is 3. The lowest BCUT2D eigenvalue weighted by Crippen LogP contribution is -2.23. The second-order valence-corrected chi connectivity index (χ2v) is 4.76. The normalized spacial score (nSPS) is 11.9. The van der Waals surface area contributed by atoms with E-state index in [-0.39, 0.29) is 5.92 Å². The molecule has 1 unspecified atom stereocenters. The quantitative estimate of drug-likeness (QED) is 0.839. The predicted molar refractivity (Wildman–Crippen MR) is 66.9 cm³/mol. The number of halogens is 1. The van der Waals surface area contributed by atoms with Gasteiger partial charge < -0.3 is 4.90 Å². The highest BCUT2D eigenvalue weighted by molar-refractivity contribution is 9.10. The molecule has 0 heterocycles. The molecular weight excluding hydrogens is 252 g/mol. The van der Waals surface area contributed by atoms with Gasteiger partial charge in [0.1, 0.15) is 0 Å². The summed E-state index contributed by atoms with van der Waals surface area (Å²) < 4.78 is 1.09. The van der Waals surface area contributed by atoms with Crippen molar-refractivity contribution in [3.8, 4) is 6.07 Å². The van der Waals surface area contributed by atoms with Crippen LogP contribution in [0.4, 0.5) is 5.69 Å². The molecule has 2 nitrogen and oxygen atoms in total. The Bertz CT molecular complexity index is 382. The van der Waals surface area contributed by atoms with Gasteiger partial charge in [0, 0.05) is 23.8 Å². The summed E-state index contributed by atoms with van der Waals surface area (Å²) in [6, 6.07) is 8.43. The highest BCUT2D eigenvalue weighted by Crippen LogP contribution is 2.23. The molecule has 0 radical (unpaired) electrons. The molecule has 80 valence electrons. The molecule has 0 aromatic heterocycles. The number of anilines is 1. The Morgan fingerprint density at radius 3 is 2.73 bits per heavy atom. The van der Waals surface area contributed by atoms with Crippen molar-refractivity contribution in [1.29, 1.82) is 5.26 Å². The summed E-state index contributed by atoms with van der Waals surface area (Å²) in [6.07, 6.45) is 0. The molecule has 1 rings (SSSR count). The van der Waals surface area contributed by atoms with E-state index in [1.54, 1.807) is 0 Å². The van der Waals surface area contributed by atoms with Crippen LogP contribution in [0, 0.1) is 24.2 Å². The van der Waals surface area contributed by atoms with Gasteiger partial charge in [0.2, 0.25) is 0 Å². The number of hydrogen-bond acceptors (Lipinski definition) is 2. The van der Waals surface area contributed by atoms with E-state index in [0.29, 0.717) is 0 Å². The number of nitriles is 1. The highest BCUT2D eigenvalue weighted by Gasteiger charge is 2.08. The van der Waals surface area contributed by atoms with Crippen LogP contribution in [-0.4, -0.2) is 13.6 Å². The predicted octanol–water partition coefficient (Wildman–Crippen LogP) is 3.35. The minimum Gasteiger partial charge on any atom is -0.373 e. The minimum absolute atomic E-state index is 0.0537. The third-order valence-corrected chi connectivity index (χ3v) is 2.83. The summed E-state index contributed by atoms with van der Waals surface area (Å²) in [7, 11) is 2.02. The number of benzene rings is 1. The van der Waals surface area contributed by atoms with Gasteiger partial charge in [-0.1, -0.05) is 15.9 Å². The Labute approximate surface area is 99.6 Å². The van der Waals surface area contributed by atoms with Crippen molar-refractivity contribution in [3.05, 3.63) is 28.2 Å². The lowest BCUT2D eigenvalue weighted by atomic mass is 10.1. The van der Waals surface area contributed by atoms with E-state index in [4.69, 9.17) is 5.26 Å². The molecule has 0 bridgehead atoms. The molecule has 1 aromatic rings. The zero-order valence-electron chi connectivity index (χ0n) is 9.29. The fraction of sp³-hybridized carbons (Fsp3) is 0.417. The molecule has 15 heavy (non-hydrogen) atoms. The Balaban J connectivity index is 2.83. The molecule has 0 aliphatic heterocycles. The summed E-state index contributed by atoms with van der Waals surface area (Å²) in [4.78, 5) is 2.12. The van der Waals surface area contributed by atoms with Crippen LogP contribution in [0.5, 0.6) is 0 Å². The van der Waals surface area contributed by atoms with Crippen molar-refractivity contribution in [1.82, 2.24) is 0 Å². The van der Waals surface area contributed by atoms with Gasteiger partial charge in [-0.3, -0.25) is 0 Å². The number of hydrogen-bond donors (Lipinski definition) is 0. The van der Waals surface area contributed by atoms with Crippen LogP contribution in [0.3, 0.4) is 0 Å². The fourth-order valence-corrected chi connectivity index (χ4v) is 2.07. The lowest BCUT2D eigenvalue weighted by Gasteiger charge is -2.22. The van der Waals surface area contributed by atoms with E-state index in [1.807, 2.05) is 20.0 Å². The lowest BCUT2D eigenvalue weighted by molar-refractivity contribution is 0.715. The summed E-state index contributed by atoms with van der Waals surface area (Å²) in [6.45, 7) is 4.78. The van der Waals surface area contributed by atoms with Crippen molar-refractivity contribution < 1.29 is 0 Å². The van der Waals surface area contributed by atoms with E-state index in [1.165, 1.54) is 11.3 Å². The van der Waals surface area contributed by atoms with E-state index in [0.717, 1.165) is 11.0 Å². The maximum Gasteiger partial charge on any atom is 0.0671 e. The fourth-order valence-electron chi connectivity index (χ4n) is 1.60. The van der Waals surface area contributed by atoms with E-state index < -0.39 is 0 Å². The SMILES string of the molecule is Cc1cc(Br)ccc1N(C)CC(C)C#N. The standard InChI is InChI=1S/C12H15BrN2/c1-9(7-14)8-15(3)12-5-4-11(13)6-10(12)2/h4-6,9H,8H2,1-3H3. The molecular formula is C12H15BrN2. The Kier molecular flexibility index (Phi) is 4.16. The largest absolute Gasteiger partial charge is 0.373 e. The van der Waals surface area contributed by atoms with Crippen LogP contribution in [0.15, 0.2) is 22.7 Å². The Hall–Kier alpha value is -1.01. The summed E-state index contributed by atoms with van der Waals surface area (Å²) in [5.74, 6) is 0.0537. The van der Waals surface area contributed by atoms with Gasteiger partial charge in [0.25, 0.3) is 0 Å². The highest BCUT2D eigenvalue weighted by atomic mass is 79.9. The monoisotopic (exact) mass is 266 g/mol. The molecule has 1 atom stereocenters. The molecule has 3 heteroatoms. The van der Waals surface area contributed by atoms with Crippen molar-refractivity contribution >= 4 is 21.6 Å². The van der Waals surface area contributed by atoms with Gasteiger partial charge in [0.05, 0.1) is 12.0 Å². The zero-order valence-corrected chi connectivity index (χ0v) is 10.9. The van der Waals surface area contributed by atoms with Gasteiger partial charge in [-0.15, -0.1) is 0 Å². The summed E-state index contributed by atoms with van der Waals surface area (Å²) in [5.41, 5.74) is 2.40. The van der Waals surface area contributed by atoms with Crippen LogP contribution in [-0.2, 0) is 0 Å².